The molecule has 120 valence electrons. The third-order valence-electron chi connectivity index (χ3n) is 3.45. The van der Waals surface area contributed by atoms with E-state index in [0.717, 1.165) is 5.56 Å². The monoisotopic (exact) mass is 356 g/mol. The van der Waals surface area contributed by atoms with Gasteiger partial charge in [-0.2, -0.15) is 0 Å². The summed E-state index contributed by atoms with van der Waals surface area (Å²) in [6.45, 7) is 0.0556. The second-order valence-corrected chi connectivity index (χ2v) is 6.37. The highest BCUT2D eigenvalue weighted by atomic mass is 35.5. The number of benzene rings is 2. The summed E-state index contributed by atoms with van der Waals surface area (Å²) in [6, 6.07) is 17.4. The summed E-state index contributed by atoms with van der Waals surface area (Å²) in [4.78, 5) is 25.5. The van der Waals surface area contributed by atoms with Gasteiger partial charge in [-0.1, -0.05) is 54.1 Å². The topological polar surface area (TPSA) is 43.4 Å². The molecule has 3 rings (SSSR count). The molecule has 3 aromatic rings. The minimum absolute atomic E-state index is 0.0556. The standard InChI is InChI=1S/C19H13ClO3S/c20-16-9-4-1-6-13(16)12-23-19(22)15-8-3-2-7-14(15)18(21)17-10-5-11-24-17/h1-11H,12H2. The molecule has 0 spiro atoms. The van der Waals surface area contributed by atoms with Crippen molar-refractivity contribution in [2.24, 2.45) is 0 Å². The van der Waals surface area contributed by atoms with Gasteiger partial charge in [-0.05, 0) is 23.6 Å². The molecule has 0 radical (unpaired) electrons. The first kappa shape index (κ1) is 16.4. The van der Waals surface area contributed by atoms with Gasteiger partial charge in [0.05, 0.1) is 10.4 Å². The van der Waals surface area contributed by atoms with Crippen molar-refractivity contribution in [2.45, 2.75) is 6.61 Å². The van der Waals surface area contributed by atoms with Gasteiger partial charge in [0.1, 0.15) is 6.61 Å². The Labute approximate surface area is 148 Å². The summed E-state index contributed by atoms with van der Waals surface area (Å²) in [7, 11) is 0. The zero-order chi connectivity index (χ0) is 16.9. The number of esters is 1. The van der Waals surface area contributed by atoms with Gasteiger partial charge in [-0.25, -0.2) is 4.79 Å². The van der Waals surface area contributed by atoms with Crippen molar-refractivity contribution in [2.75, 3.05) is 0 Å². The molecule has 0 aliphatic rings. The van der Waals surface area contributed by atoms with Gasteiger partial charge in [0.25, 0.3) is 0 Å². The highest BCUT2D eigenvalue weighted by Crippen LogP contribution is 2.20. The van der Waals surface area contributed by atoms with Crippen molar-refractivity contribution in [3.05, 3.63) is 92.6 Å². The first-order valence-electron chi connectivity index (χ1n) is 7.24. The van der Waals surface area contributed by atoms with Gasteiger partial charge in [0.15, 0.2) is 0 Å². The smallest absolute Gasteiger partial charge is 0.339 e. The van der Waals surface area contributed by atoms with E-state index in [1.54, 1.807) is 48.5 Å². The summed E-state index contributed by atoms with van der Waals surface area (Å²) >= 11 is 7.40. The number of hydrogen-bond acceptors (Lipinski definition) is 4. The van der Waals surface area contributed by atoms with Crippen molar-refractivity contribution in [1.82, 2.24) is 0 Å². The van der Waals surface area contributed by atoms with Crippen LogP contribution in [0.25, 0.3) is 0 Å². The minimum Gasteiger partial charge on any atom is -0.457 e. The van der Waals surface area contributed by atoms with Crippen molar-refractivity contribution in [3.63, 3.8) is 0 Å². The van der Waals surface area contributed by atoms with Gasteiger partial charge in [0.2, 0.25) is 5.78 Å². The Morgan fingerprint density at radius 2 is 1.62 bits per heavy atom. The van der Waals surface area contributed by atoms with Crippen LogP contribution in [0.5, 0.6) is 0 Å². The van der Waals surface area contributed by atoms with E-state index in [2.05, 4.69) is 0 Å². The predicted octanol–water partition coefficient (Wildman–Crippen LogP) is 4.99. The van der Waals surface area contributed by atoms with Crippen LogP contribution in [0, 0.1) is 0 Å². The van der Waals surface area contributed by atoms with Crippen LogP contribution in [0.2, 0.25) is 5.02 Å². The summed E-state index contributed by atoms with van der Waals surface area (Å²) in [5.74, 6) is -0.731. The molecule has 5 heteroatoms. The molecule has 0 N–H and O–H groups in total. The average Bonchev–Trinajstić information content (AvgIpc) is 3.15. The number of carbonyl (C=O) groups is 2. The van der Waals surface area contributed by atoms with E-state index in [1.165, 1.54) is 11.3 Å². The fourth-order valence-corrected chi connectivity index (χ4v) is 3.10. The SMILES string of the molecule is O=C(OCc1ccccc1Cl)c1ccccc1C(=O)c1cccs1. The highest BCUT2D eigenvalue weighted by Gasteiger charge is 2.19. The van der Waals surface area contributed by atoms with Crippen LogP contribution < -0.4 is 0 Å². The maximum Gasteiger partial charge on any atom is 0.339 e. The van der Waals surface area contributed by atoms with Gasteiger partial charge in [-0.3, -0.25) is 4.79 Å². The summed E-state index contributed by atoms with van der Waals surface area (Å²) in [5.41, 5.74) is 1.31. The third kappa shape index (κ3) is 3.55. The van der Waals surface area contributed by atoms with Crippen molar-refractivity contribution in [3.8, 4) is 0 Å². The van der Waals surface area contributed by atoms with Crippen LogP contribution in [-0.2, 0) is 11.3 Å². The van der Waals surface area contributed by atoms with Crippen LogP contribution in [0.1, 0.15) is 31.2 Å². The van der Waals surface area contributed by atoms with E-state index < -0.39 is 5.97 Å². The average molecular weight is 357 g/mol. The lowest BCUT2D eigenvalue weighted by atomic mass is 10.0. The van der Waals surface area contributed by atoms with Crippen LogP contribution in [0.3, 0.4) is 0 Å². The molecule has 2 aromatic carbocycles. The van der Waals surface area contributed by atoms with Gasteiger partial charge < -0.3 is 4.74 Å². The van der Waals surface area contributed by atoms with Gasteiger partial charge in [-0.15, -0.1) is 11.3 Å². The quantitative estimate of drug-likeness (QED) is 0.478. The maximum absolute atomic E-state index is 12.5. The largest absolute Gasteiger partial charge is 0.457 e. The molecule has 1 aromatic heterocycles. The molecule has 24 heavy (non-hydrogen) atoms. The van der Waals surface area contributed by atoms with Crippen LogP contribution in [0.15, 0.2) is 66.0 Å². The molecule has 0 saturated heterocycles. The maximum atomic E-state index is 12.5. The number of carbonyl (C=O) groups excluding carboxylic acids is 2. The lowest BCUT2D eigenvalue weighted by molar-refractivity contribution is 0.0470. The zero-order valence-corrected chi connectivity index (χ0v) is 14.1. The minimum atomic E-state index is -0.546. The molecule has 0 amide bonds. The Kier molecular flexibility index (Phi) is 5.08. The Bertz CT molecular complexity index is 872. The van der Waals surface area contributed by atoms with Gasteiger partial charge >= 0.3 is 5.97 Å². The highest BCUT2D eigenvalue weighted by molar-refractivity contribution is 7.12. The lowest BCUT2D eigenvalue weighted by Crippen LogP contribution is -2.12. The molecule has 1 heterocycles. The van der Waals surface area contributed by atoms with Crippen LogP contribution >= 0.6 is 22.9 Å². The molecule has 0 aliphatic carbocycles. The van der Waals surface area contributed by atoms with E-state index in [4.69, 9.17) is 16.3 Å². The predicted molar refractivity (Wildman–Crippen MR) is 94.8 cm³/mol. The third-order valence-corrected chi connectivity index (χ3v) is 4.69. The van der Waals surface area contributed by atoms with E-state index in [9.17, 15) is 9.59 Å². The summed E-state index contributed by atoms with van der Waals surface area (Å²) in [6.07, 6.45) is 0. The summed E-state index contributed by atoms with van der Waals surface area (Å²) in [5, 5.41) is 2.36. The molecule has 0 atom stereocenters. The Balaban J connectivity index is 1.81. The lowest BCUT2D eigenvalue weighted by Gasteiger charge is -2.09. The molecule has 0 aliphatic heterocycles. The first-order chi connectivity index (χ1) is 11.7. The van der Waals surface area contributed by atoms with Crippen molar-refractivity contribution < 1.29 is 14.3 Å². The van der Waals surface area contributed by atoms with Gasteiger partial charge in [0, 0.05) is 16.1 Å². The van der Waals surface area contributed by atoms with E-state index >= 15 is 0 Å². The Morgan fingerprint density at radius 3 is 2.33 bits per heavy atom. The molecule has 0 bridgehead atoms. The molecular weight excluding hydrogens is 344 g/mol. The Hall–Kier alpha value is -2.43. The second-order valence-electron chi connectivity index (χ2n) is 5.02. The molecule has 0 saturated carbocycles. The number of hydrogen-bond donors (Lipinski definition) is 0. The van der Waals surface area contributed by atoms with Crippen molar-refractivity contribution in [1.29, 1.82) is 0 Å². The number of ketones is 1. The summed E-state index contributed by atoms with van der Waals surface area (Å²) < 4.78 is 5.33. The number of ether oxygens (including phenoxy) is 1. The molecule has 3 nitrogen and oxygen atoms in total. The fraction of sp³-hybridized carbons (Fsp3) is 0.0526. The molecule has 0 fully saturated rings. The zero-order valence-electron chi connectivity index (χ0n) is 12.6. The number of halogens is 1. The van der Waals surface area contributed by atoms with E-state index in [1.807, 2.05) is 17.5 Å². The fourth-order valence-electron chi connectivity index (χ4n) is 2.24. The van der Waals surface area contributed by atoms with Crippen LogP contribution in [-0.4, -0.2) is 11.8 Å². The van der Waals surface area contributed by atoms with Crippen molar-refractivity contribution >= 4 is 34.7 Å². The van der Waals surface area contributed by atoms with E-state index in [0.29, 0.717) is 15.5 Å². The first-order valence-corrected chi connectivity index (χ1v) is 8.50. The normalized spacial score (nSPS) is 10.4. The Morgan fingerprint density at radius 1 is 0.917 bits per heavy atom. The molecule has 0 unspecified atom stereocenters. The number of thiophene rings is 1. The van der Waals surface area contributed by atoms with Crippen LogP contribution in [0.4, 0.5) is 0 Å². The number of rotatable bonds is 5. The van der Waals surface area contributed by atoms with E-state index in [-0.39, 0.29) is 18.0 Å². The molecular formula is C19H13ClO3S. The second kappa shape index (κ2) is 7.43.